The number of fused-ring (bicyclic) bond motifs is 2. The van der Waals surface area contributed by atoms with Gasteiger partial charge in [0.05, 0.1) is 6.54 Å². The van der Waals surface area contributed by atoms with Gasteiger partial charge in [-0.05, 0) is 61.1 Å². The molecule has 142 valence electrons. The number of carbonyl (C=O) groups is 1. The maximum Gasteiger partial charge on any atom is 0.319 e. The third-order valence-corrected chi connectivity index (χ3v) is 4.78. The molecule has 2 N–H and O–H groups in total. The Kier molecular flexibility index (Phi) is 5.32. The van der Waals surface area contributed by atoms with Crippen LogP contribution >= 0.6 is 0 Å². The van der Waals surface area contributed by atoms with E-state index in [0.29, 0.717) is 43.6 Å². The van der Waals surface area contributed by atoms with Gasteiger partial charge in [0.15, 0.2) is 11.5 Å². The van der Waals surface area contributed by atoms with E-state index in [1.807, 2.05) is 6.07 Å². The fraction of sp³-hybridized carbons (Fsp3) is 0.381. The van der Waals surface area contributed by atoms with E-state index >= 15 is 0 Å². The Morgan fingerprint density at radius 1 is 0.963 bits per heavy atom. The summed E-state index contributed by atoms with van der Waals surface area (Å²) in [5.41, 5.74) is 3.49. The third-order valence-electron chi connectivity index (χ3n) is 4.78. The van der Waals surface area contributed by atoms with E-state index in [2.05, 4.69) is 22.8 Å². The highest BCUT2D eigenvalue weighted by molar-refractivity contribution is 5.89. The number of ether oxygens (including phenoxy) is 3. The van der Waals surface area contributed by atoms with E-state index in [-0.39, 0.29) is 6.03 Å². The molecule has 2 aromatic carbocycles. The molecule has 6 nitrogen and oxygen atoms in total. The smallest absolute Gasteiger partial charge is 0.319 e. The van der Waals surface area contributed by atoms with Gasteiger partial charge >= 0.3 is 6.03 Å². The highest BCUT2D eigenvalue weighted by atomic mass is 16.6. The predicted octanol–water partition coefficient (Wildman–Crippen LogP) is 3.54. The van der Waals surface area contributed by atoms with Crippen LogP contribution in [0, 0.1) is 0 Å². The standard InChI is InChI=1S/C21H24N2O4/c24-21(23-17-6-8-19-20(14-17)27-12-11-26-19)22-9-10-25-18-7-5-15-3-1-2-4-16(15)13-18/h5-8,13-14H,1-4,9-12H2,(H2,22,23,24). The lowest BCUT2D eigenvalue weighted by molar-refractivity contribution is 0.171. The molecular formula is C21H24N2O4. The van der Waals surface area contributed by atoms with Gasteiger partial charge < -0.3 is 24.8 Å². The van der Waals surface area contributed by atoms with Gasteiger partial charge in [-0.15, -0.1) is 0 Å². The molecule has 0 unspecified atom stereocenters. The minimum atomic E-state index is -0.277. The lowest BCUT2D eigenvalue weighted by atomic mass is 9.92. The van der Waals surface area contributed by atoms with Crippen molar-refractivity contribution < 1.29 is 19.0 Å². The van der Waals surface area contributed by atoms with E-state index in [1.54, 1.807) is 18.2 Å². The van der Waals surface area contributed by atoms with Crippen LogP contribution in [0.1, 0.15) is 24.0 Å². The molecule has 0 radical (unpaired) electrons. The van der Waals surface area contributed by atoms with E-state index in [1.165, 1.54) is 24.0 Å². The number of amides is 2. The number of rotatable bonds is 5. The zero-order chi connectivity index (χ0) is 18.5. The summed E-state index contributed by atoms with van der Waals surface area (Å²) in [5, 5.41) is 5.59. The van der Waals surface area contributed by atoms with E-state index in [4.69, 9.17) is 14.2 Å². The van der Waals surface area contributed by atoms with Gasteiger partial charge in [-0.1, -0.05) is 6.07 Å². The lowest BCUT2D eigenvalue weighted by Gasteiger charge is -2.19. The van der Waals surface area contributed by atoms with Gasteiger partial charge in [-0.2, -0.15) is 0 Å². The topological polar surface area (TPSA) is 68.8 Å². The van der Waals surface area contributed by atoms with E-state index in [0.717, 1.165) is 18.6 Å². The van der Waals surface area contributed by atoms with Crippen molar-refractivity contribution in [2.75, 3.05) is 31.7 Å². The Bertz CT molecular complexity index is 822. The second-order valence-corrected chi connectivity index (χ2v) is 6.73. The van der Waals surface area contributed by atoms with Crippen molar-refractivity contribution >= 4 is 11.7 Å². The Labute approximate surface area is 158 Å². The molecule has 0 spiro atoms. The first kappa shape index (κ1) is 17.5. The zero-order valence-electron chi connectivity index (χ0n) is 15.3. The number of anilines is 1. The summed E-state index contributed by atoms with van der Waals surface area (Å²) in [5.74, 6) is 2.21. The average molecular weight is 368 g/mol. The molecule has 6 heteroatoms. The average Bonchev–Trinajstić information content (AvgIpc) is 2.71. The summed E-state index contributed by atoms with van der Waals surface area (Å²) >= 11 is 0. The highest BCUT2D eigenvalue weighted by Gasteiger charge is 2.13. The van der Waals surface area contributed by atoms with Crippen molar-refractivity contribution in [3.8, 4) is 17.2 Å². The van der Waals surface area contributed by atoms with Crippen LogP contribution in [0.15, 0.2) is 36.4 Å². The minimum absolute atomic E-state index is 0.277. The number of hydrogen-bond donors (Lipinski definition) is 2. The zero-order valence-corrected chi connectivity index (χ0v) is 15.3. The van der Waals surface area contributed by atoms with Crippen LogP contribution in [0.2, 0.25) is 0 Å². The summed E-state index contributed by atoms with van der Waals surface area (Å²) in [6.07, 6.45) is 4.81. The summed E-state index contributed by atoms with van der Waals surface area (Å²) in [6, 6.07) is 11.4. The van der Waals surface area contributed by atoms with Crippen molar-refractivity contribution in [1.29, 1.82) is 0 Å². The highest BCUT2D eigenvalue weighted by Crippen LogP contribution is 2.32. The number of hydrogen-bond acceptors (Lipinski definition) is 4. The molecule has 4 rings (SSSR count). The fourth-order valence-electron chi connectivity index (χ4n) is 3.43. The molecule has 1 aliphatic carbocycles. The summed E-state index contributed by atoms with van der Waals surface area (Å²) in [7, 11) is 0. The molecule has 0 saturated carbocycles. The second kappa shape index (κ2) is 8.20. The van der Waals surface area contributed by atoms with Crippen molar-refractivity contribution in [1.82, 2.24) is 5.32 Å². The molecule has 2 aromatic rings. The first-order valence-electron chi connectivity index (χ1n) is 9.47. The summed E-state index contributed by atoms with van der Waals surface area (Å²) in [4.78, 5) is 12.0. The van der Waals surface area contributed by atoms with Crippen LogP contribution in [0.4, 0.5) is 10.5 Å². The number of benzene rings is 2. The molecule has 1 heterocycles. The lowest BCUT2D eigenvalue weighted by Crippen LogP contribution is -2.32. The largest absolute Gasteiger partial charge is 0.492 e. The molecule has 1 aliphatic heterocycles. The molecule has 2 amide bonds. The van der Waals surface area contributed by atoms with Gasteiger partial charge in [0.2, 0.25) is 0 Å². The Balaban J connectivity index is 1.22. The number of carbonyl (C=O) groups excluding carboxylic acids is 1. The maximum atomic E-state index is 12.0. The maximum absolute atomic E-state index is 12.0. The fourth-order valence-corrected chi connectivity index (χ4v) is 3.43. The van der Waals surface area contributed by atoms with Crippen molar-refractivity contribution in [3.63, 3.8) is 0 Å². The Hall–Kier alpha value is -2.89. The van der Waals surface area contributed by atoms with Gasteiger partial charge in [0, 0.05) is 11.8 Å². The van der Waals surface area contributed by atoms with Crippen molar-refractivity contribution in [2.45, 2.75) is 25.7 Å². The SMILES string of the molecule is O=C(NCCOc1ccc2c(c1)CCCC2)Nc1ccc2c(c1)OCCO2. The molecule has 0 saturated heterocycles. The normalized spacial score (nSPS) is 14.8. The molecule has 0 aromatic heterocycles. The molecule has 27 heavy (non-hydrogen) atoms. The number of aryl methyl sites for hydroxylation is 2. The van der Waals surface area contributed by atoms with Gasteiger partial charge in [-0.25, -0.2) is 4.79 Å². The first-order chi connectivity index (χ1) is 13.3. The monoisotopic (exact) mass is 368 g/mol. The molecule has 2 aliphatic rings. The quantitative estimate of drug-likeness (QED) is 0.792. The van der Waals surface area contributed by atoms with Crippen LogP contribution in [0.3, 0.4) is 0 Å². The first-order valence-corrected chi connectivity index (χ1v) is 9.47. The molecule has 0 fully saturated rings. The minimum Gasteiger partial charge on any atom is -0.492 e. The Morgan fingerprint density at radius 2 is 1.78 bits per heavy atom. The third kappa shape index (κ3) is 4.45. The van der Waals surface area contributed by atoms with Gasteiger partial charge in [0.1, 0.15) is 25.6 Å². The van der Waals surface area contributed by atoms with Crippen LogP contribution in [-0.2, 0) is 12.8 Å². The second-order valence-electron chi connectivity index (χ2n) is 6.73. The number of nitrogens with one attached hydrogen (secondary N) is 2. The Morgan fingerprint density at radius 3 is 2.67 bits per heavy atom. The van der Waals surface area contributed by atoms with Crippen molar-refractivity contribution in [2.24, 2.45) is 0 Å². The van der Waals surface area contributed by atoms with Crippen LogP contribution < -0.4 is 24.8 Å². The molecular weight excluding hydrogens is 344 g/mol. The molecule has 0 bridgehead atoms. The molecule has 0 atom stereocenters. The summed E-state index contributed by atoms with van der Waals surface area (Å²) in [6.45, 7) is 1.91. The van der Waals surface area contributed by atoms with Gasteiger partial charge in [0.25, 0.3) is 0 Å². The predicted molar refractivity (Wildman–Crippen MR) is 103 cm³/mol. The van der Waals surface area contributed by atoms with Crippen LogP contribution in [-0.4, -0.2) is 32.4 Å². The van der Waals surface area contributed by atoms with E-state index < -0.39 is 0 Å². The van der Waals surface area contributed by atoms with Crippen LogP contribution in [0.25, 0.3) is 0 Å². The van der Waals surface area contributed by atoms with E-state index in [9.17, 15) is 4.79 Å². The van der Waals surface area contributed by atoms with Crippen molar-refractivity contribution in [3.05, 3.63) is 47.5 Å². The van der Waals surface area contributed by atoms with Crippen LogP contribution in [0.5, 0.6) is 17.2 Å². The summed E-state index contributed by atoms with van der Waals surface area (Å²) < 4.78 is 16.8. The number of urea groups is 1. The van der Waals surface area contributed by atoms with Gasteiger partial charge in [-0.3, -0.25) is 0 Å².